The number of ether oxygens (including phenoxy) is 2. The fourth-order valence-electron chi connectivity index (χ4n) is 2.72. The number of nitrogens with one attached hydrogen (secondary N) is 2. The minimum atomic E-state index is -0.367. The molecule has 1 aliphatic rings. The Balaban J connectivity index is 1.56. The lowest BCUT2D eigenvalue weighted by Crippen LogP contribution is -2.26. The molecule has 3 rings (SSSR count). The summed E-state index contributed by atoms with van der Waals surface area (Å²) < 4.78 is 10.7. The lowest BCUT2D eigenvalue weighted by atomic mass is 10.2. The van der Waals surface area contributed by atoms with Gasteiger partial charge in [-0.3, -0.25) is 9.59 Å². The van der Waals surface area contributed by atoms with Crippen LogP contribution in [0.15, 0.2) is 48.5 Å². The van der Waals surface area contributed by atoms with Gasteiger partial charge in [0.05, 0.1) is 6.61 Å². The van der Waals surface area contributed by atoms with Crippen LogP contribution in [0.25, 0.3) is 0 Å². The van der Waals surface area contributed by atoms with Crippen molar-refractivity contribution in [3.63, 3.8) is 0 Å². The molecule has 0 radical (unpaired) electrons. The first-order chi connectivity index (χ1) is 12.7. The highest BCUT2D eigenvalue weighted by atomic mass is 16.5. The van der Waals surface area contributed by atoms with E-state index in [0.29, 0.717) is 30.2 Å². The van der Waals surface area contributed by atoms with Gasteiger partial charge in [0.25, 0.3) is 11.8 Å². The second-order valence-electron chi connectivity index (χ2n) is 5.98. The Kier molecular flexibility index (Phi) is 5.86. The summed E-state index contributed by atoms with van der Waals surface area (Å²) in [7, 11) is 0. The summed E-state index contributed by atoms with van der Waals surface area (Å²) in [6, 6.07) is 14.0. The molecule has 0 aromatic heterocycles. The summed E-state index contributed by atoms with van der Waals surface area (Å²) in [5.41, 5.74) is 1.87. The van der Waals surface area contributed by atoms with Crippen LogP contribution in [0.1, 0.15) is 30.1 Å². The lowest BCUT2D eigenvalue weighted by molar-refractivity contribution is -0.124. The van der Waals surface area contributed by atoms with E-state index in [4.69, 9.17) is 9.47 Å². The van der Waals surface area contributed by atoms with Crippen molar-refractivity contribution >= 4 is 23.2 Å². The van der Waals surface area contributed by atoms with Gasteiger partial charge in [-0.1, -0.05) is 0 Å². The van der Waals surface area contributed by atoms with Crippen LogP contribution >= 0.6 is 0 Å². The van der Waals surface area contributed by atoms with Crippen molar-refractivity contribution in [2.75, 3.05) is 23.8 Å². The van der Waals surface area contributed by atoms with Crippen LogP contribution in [0.5, 0.6) is 5.75 Å². The Hall–Kier alpha value is -2.86. The highest BCUT2D eigenvalue weighted by molar-refractivity contribution is 6.04. The van der Waals surface area contributed by atoms with E-state index >= 15 is 0 Å². The second kappa shape index (κ2) is 8.49. The van der Waals surface area contributed by atoms with Gasteiger partial charge in [-0.2, -0.15) is 0 Å². The number of hydrogen-bond acceptors (Lipinski definition) is 4. The van der Waals surface area contributed by atoms with Gasteiger partial charge in [-0.15, -0.1) is 0 Å². The van der Waals surface area contributed by atoms with Gasteiger partial charge in [-0.25, -0.2) is 0 Å². The molecular formula is C20H22N2O4. The average molecular weight is 354 g/mol. The smallest absolute Gasteiger partial charge is 0.255 e. The van der Waals surface area contributed by atoms with Crippen LogP contribution in [0, 0.1) is 0 Å². The van der Waals surface area contributed by atoms with Crippen LogP contribution in [0.2, 0.25) is 0 Å². The van der Waals surface area contributed by atoms with E-state index in [2.05, 4.69) is 10.6 Å². The molecule has 0 bridgehead atoms. The second-order valence-corrected chi connectivity index (χ2v) is 5.98. The van der Waals surface area contributed by atoms with Crippen molar-refractivity contribution in [1.82, 2.24) is 0 Å². The molecule has 1 heterocycles. The van der Waals surface area contributed by atoms with Gasteiger partial charge in [0.15, 0.2) is 0 Å². The van der Waals surface area contributed by atoms with Gasteiger partial charge in [0.1, 0.15) is 11.9 Å². The maximum absolute atomic E-state index is 12.3. The van der Waals surface area contributed by atoms with Crippen LogP contribution in [-0.4, -0.2) is 31.1 Å². The molecule has 0 saturated carbocycles. The monoisotopic (exact) mass is 354 g/mol. The molecular weight excluding hydrogens is 332 g/mol. The fourth-order valence-corrected chi connectivity index (χ4v) is 2.72. The Morgan fingerprint density at radius 2 is 1.69 bits per heavy atom. The van der Waals surface area contributed by atoms with Gasteiger partial charge in [-0.05, 0) is 68.3 Å². The van der Waals surface area contributed by atoms with Crippen molar-refractivity contribution in [3.05, 3.63) is 54.1 Å². The predicted octanol–water partition coefficient (Wildman–Crippen LogP) is 3.46. The molecule has 0 spiro atoms. The summed E-state index contributed by atoms with van der Waals surface area (Å²) in [6.45, 7) is 3.13. The Labute approximate surface area is 152 Å². The van der Waals surface area contributed by atoms with Crippen molar-refractivity contribution in [2.45, 2.75) is 25.9 Å². The van der Waals surface area contributed by atoms with Crippen molar-refractivity contribution < 1.29 is 19.1 Å². The molecule has 1 unspecified atom stereocenters. The average Bonchev–Trinajstić information content (AvgIpc) is 3.19. The summed E-state index contributed by atoms with van der Waals surface area (Å²) in [5.74, 6) is 0.397. The number of benzene rings is 2. The van der Waals surface area contributed by atoms with Crippen LogP contribution in [0.4, 0.5) is 11.4 Å². The molecule has 1 aliphatic heterocycles. The molecule has 0 aliphatic carbocycles. The molecule has 136 valence electrons. The zero-order chi connectivity index (χ0) is 18.4. The van der Waals surface area contributed by atoms with Gasteiger partial charge >= 0.3 is 0 Å². The maximum Gasteiger partial charge on any atom is 0.255 e. The number of rotatable bonds is 6. The standard InChI is InChI=1S/C20H22N2O4/c1-2-25-17-11-5-14(6-12-17)19(23)21-15-7-9-16(10-8-15)22-20(24)18-4-3-13-26-18/h5-12,18H,2-4,13H2,1H3,(H,21,23)(H,22,24). The van der Waals surface area contributed by atoms with E-state index in [0.717, 1.165) is 18.6 Å². The highest BCUT2D eigenvalue weighted by Crippen LogP contribution is 2.18. The number of anilines is 2. The van der Waals surface area contributed by atoms with Gasteiger partial charge < -0.3 is 20.1 Å². The van der Waals surface area contributed by atoms with Crippen LogP contribution in [0.3, 0.4) is 0 Å². The Morgan fingerprint density at radius 3 is 2.27 bits per heavy atom. The summed E-state index contributed by atoms with van der Waals surface area (Å²) in [6.07, 6.45) is 1.30. The number of hydrogen-bond donors (Lipinski definition) is 2. The third kappa shape index (κ3) is 4.61. The van der Waals surface area contributed by atoms with E-state index in [9.17, 15) is 9.59 Å². The first-order valence-corrected chi connectivity index (χ1v) is 8.72. The predicted molar refractivity (Wildman–Crippen MR) is 99.6 cm³/mol. The van der Waals surface area contributed by atoms with Gasteiger partial charge in [0.2, 0.25) is 0 Å². The third-order valence-electron chi connectivity index (χ3n) is 4.06. The Morgan fingerprint density at radius 1 is 1.04 bits per heavy atom. The van der Waals surface area contributed by atoms with Crippen molar-refractivity contribution in [3.8, 4) is 5.75 Å². The molecule has 26 heavy (non-hydrogen) atoms. The van der Waals surface area contributed by atoms with Crippen LogP contribution in [-0.2, 0) is 9.53 Å². The molecule has 6 heteroatoms. The molecule has 1 fully saturated rings. The topological polar surface area (TPSA) is 76.7 Å². The summed E-state index contributed by atoms with van der Waals surface area (Å²) >= 11 is 0. The van der Waals surface area contributed by atoms with E-state index in [1.807, 2.05) is 6.92 Å². The first-order valence-electron chi connectivity index (χ1n) is 8.72. The highest BCUT2D eigenvalue weighted by Gasteiger charge is 2.23. The SMILES string of the molecule is CCOc1ccc(C(=O)Nc2ccc(NC(=O)C3CCCO3)cc2)cc1. The van der Waals surface area contributed by atoms with Crippen molar-refractivity contribution in [1.29, 1.82) is 0 Å². The minimum Gasteiger partial charge on any atom is -0.494 e. The molecule has 6 nitrogen and oxygen atoms in total. The quantitative estimate of drug-likeness (QED) is 0.833. The largest absolute Gasteiger partial charge is 0.494 e. The summed E-state index contributed by atoms with van der Waals surface area (Å²) in [5, 5.41) is 5.65. The molecule has 1 saturated heterocycles. The normalized spacial score (nSPS) is 16.1. The molecule has 2 aromatic carbocycles. The van der Waals surface area contributed by atoms with E-state index < -0.39 is 0 Å². The fraction of sp³-hybridized carbons (Fsp3) is 0.300. The molecule has 2 N–H and O–H groups in total. The van der Waals surface area contributed by atoms with E-state index in [1.54, 1.807) is 48.5 Å². The van der Waals surface area contributed by atoms with Crippen LogP contribution < -0.4 is 15.4 Å². The third-order valence-corrected chi connectivity index (χ3v) is 4.06. The molecule has 2 amide bonds. The van der Waals surface area contributed by atoms with Gasteiger partial charge in [0, 0.05) is 23.5 Å². The summed E-state index contributed by atoms with van der Waals surface area (Å²) in [4.78, 5) is 24.3. The minimum absolute atomic E-state index is 0.131. The maximum atomic E-state index is 12.3. The zero-order valence-corrected chi connectivity index (χ0v) is 14.7. The van der Waals surface area contributed by atoms with E-state index in [-0.39, 0.29) is 17.9 Å². The number of carbonyl (C=O) groups is 2. The number of amides is 2. The lowest BCUT2D eigenvalue weighted by Gasteiger charge is -2.11. The number of carbonyl (C=O) groups excluding carboxylic acids is 2. The van der Waals surface area contributed by atoms with Crippen molar-refractivity contribution in [2.24, 2.45) is 0 Å². The zero-order valence-electron chi connectivity index (χ0n) is 14.7. The molecule has 1 atom stereocenters. The Bertz CT molecular complexity index is 750. The first kappa shape index (κ1) is 17.9. The molecule has 2 aromatic rings. The van der Waals surface area contributed by atoms with E-state index in [1.165, 1.54) is 0 Å².